The van der Waals surface area contributed by atoms with E-state index in [4.69, 9.17) is 15.3 Å². The average molecular weight is 540 g/mol. The van der Waals surface area contributed by atoms with Gasteiger partial charge in [0.1, 0.15) is 6.29 Å². The lowest BCUT2D eigenvalue weighted by Crippen LogP contribution is -2.48. The Morgan fingerprint density at radius 3 is 1.50 bits per heavy atom. The van der Waals surface area contributed by atoms with Gasteiger partial charge in [-0.1, -0.05) is 13.8 Å². The van der Waals surface area contributed by atoms with E-state index in [0.717, 1.165) is 25.3 Å². The van der Waals surface area contributed by atoms with Crippen molar-refractivity contribution in [3.63, 3.8) is 0 Å². The molecule has 1 heterocycles. The maximum Gasteiger partial charge on any atom is 0.317 e. The minimum Gasteiger partial charge on any atom is -0.480 e. The fourth-order valence-electron chi connectivity index (χ4n) is 3.14. The van der Waals surface area contributed by atoms with Gasteiger partial charge in [-0.15, -0.1) is 0 Å². The second kappa shape index (κ2) is 23.7. The zero-order chi connectivity index (χ0) is 27.9. The number of rotatable bonds is 11. The number of carboxylic acid groups (broad SMARTS) is 2. The number of carbonyl (C=O) groups is 4. The normalized spacial score (nSPS) is 17.7. The molecule has 212 valence electrons. The Morgan fingerprint density at radius 1 is 0.806 bits per heavy atom. The number of aliphatic hydroxyl groups is 2. The highest BCUT2D eigenvalue weighted by atomic mass is 32.2. The van der Waals surface area contributed by atoms with E-state index in [1.54, 1.807) is 16.7 Å². The van der Waals surface area contributed by atoms with Crippen LogP contribution in [0.3, 0.4) is 0 Å². The summed E-state index contributed by atoms with van der Waals surface area (Å²) in [4.78, 5) is 53.2. The molecule has 0 spiro atoms. The Balaban J connectivity index is 0. The molecule has 1 atom stereocenters. The van der Waals surface area contributed by atoms with E-state index in [1.165, 1.54) is 0 Å². The smallest absolute Gasteiger partial charge is 0.317 e. The first-order valence-corrected chi connectivity index (χ1v) is 12.8. The third-order valence-electron chi connectivity index (χ3n) is 4.98. The number of carboxylic acids is 2. The van der Waals surface area contributed by atoms with Crippen LogP contribution in [-0.2, 0) is 19.2 Å². The molecule has 1 fully saturated rings. The third-order valence-corrected chi connectivity index (χ3v) is 5.86. The lowest BCUT2D eigenvalue weighted by atomic mass is 10.3. The number of hydrogen-bond acceptors (Lipinski definition) is 12. The van der Waals surface area contributed by atoms with Crippen LogP contribution in [0.15, 0.2) is 0 Å². The van der Waals surface area contributed by atoms with Crippen molar-refractivity contribution >= 4 is 35.3 Å². The highest BCUT2D eigenvalue weighted by molar-refractivity contribution is 8.12. The van der Waals surface area contributed by atoms with Gasteiger partial charge in [-0.3, -0.25) is 38.7 Å². The van der Waals surface area contributed by atoms with Gasteiger partial charge in [0.05, 0.1) is 32.8 Å². The topological polar surface area (TPSA) is 174 Å². The molecule has 14 heteroatoms. The van der Waals surface area contributed by atoms with Crippen molar-refractivity contribution in [2.24, 2.45) is 0 Å². The van der Waals surface area contributed by atoms with Crippen LogP contribution >= 0.6 is 11.9 Å². The van der Waals surface area contributed by atoms with E-state index in [9.17, 15) is 24.3 Å². The van der Waals surface area contributed by atoms with E-state index in [0.29, 0.717) is 52.4 Å². The first-order chi connectivity index (χ1) is 17.2. The van der Waals surface area contributed by atoms with E-state index in [2.05, 4.69) is 4.72 Å². The summed E-state index contributed by atoms with van der Waals surface area (Å²) in [5, 5.41) is 34.3. The summed E-state index contributed by atoms with van der Waals surface area (Å²) >= 11 is 0.930. The molecule has 5 N–H and O–H groups in total. The zero-order valence-corrected chi connectivity index (χ0v) is 22.8. The fourth-order valence-corrected chi connectivity index (χ4v) is 3.80. The van der Waals surface area contributed by atoms with Crippen molar-refractivity contribution in [2.75, 3.05) is 92.3 Å². The number of aliphatic hydroxyl groups excluding tert-OH is 2. The molecule has 1 aliphatic heterocycles. The summed E-state index contributed by atoms with van der Waals surface area (Å²) < 4.78 is 2.87. The van der Waals surface area contributed by atoms with Crippen LogP contribution in [0, 0.1) is 0 Å². The summed E-state index contributed by atoms with van der Waals surface area (Å²) in [6, 6.07) is -0.224. The van der Waals surface area contributed by atoms with Gasteiger partial charge in [0, 0.05) is 65.5 Å². The summed E-state index contributed by atoms with van der Waals surface area (Å²) in [7, 11) is 1.00. The predicted octanol–water partition coefficient (Wildman–Crippen LogP) is -1.64. The lowest BCUT2D eigenvalue weighted by Gasteiger charge is -2.32. The van der Waals surface area contributed by atoms with E-state index >= 15 is 0 Å². The van der Waals surface area contributed by atoms with Crippen LogP contribution in [0.5, 0.6) is 0 Å². The van der Waals surface area contributed by atoms with Gasteiger partial charge in [0.25, 0.3) is 0 Å². The summed E-state index contributed by atoms with van der Waals surface area (Å²) in [6.45, 7) is 9.20. The maximum atomic E-state index is 12.4. The molecule has 0 saturated carbocycles. The molecule has 0 amide bonds. The molecule has 1 rings (SSSR count). The molecule has 0 aliphatic carbocycles. The van der Waals surface area contributed by atoms with Crippen molar-refractivity contribution in [3.05, 3.63) is 0 Å². The Kier molecular flexibility index (Phi) is 24.1. The maximum absolute atomic E-state index is 12.4. The minimum absolute atomic E-state index is 0.0896. The van der Waals surface area contributed by atoms with Gasteiger partial charge in [-0.25, -0.2) is 0 Å². The van der Waals surface area contributed by atoms with Gasteiger partial charge in [0.2, 0.25) is 5.12 Å². The van der Waals surface area contributed by atoms with Crippen LogP contribution in [0.2, 0.25) is 0 Å². The highest BCUT2D eigenvalue weighted by Crippen LogP contribution is 2.05. The van der Waals surface area contributed by atoms with E-state index in [-0.39, 0.29) is 43.9 Å². The van der Waals surface area contributed by atoms with E-state index < -0.39 is 11.9 Å². The standard InChI is InChI=1S/C19H35N5O7S.C2H6.CH4O/c1-16(15-26)20-32-19(31)14-24-5-3-21(10-11-25)2-4-22(12-17(27)28)6-7-23(8-9-24)13-18(29)30;2*1-2/h11,16,20,26H,2-10,12-15H2,1H3,(H,27,28)(H,29,30);1-2H3;2H,1H3. The molecule has 0 radical (unpaired) electrons. The number of nitrogens with zero attached hydrogens (tertiary/aromatic N) is 4. The monoisotopic (exact) mass is 539 g/mol. The molecular weight excluding hydrogens is 494 g/mol. The molecule has 0 bridgehead atoms. The van der Waals surface area contributed by atoms with E-state index in [1.807, 2.05) is 23.6 Å². The second-order valence-electron chi connectivity index (χ2n) is 7.76. The molecule has 1 aliphatic rings. The van der Waals surface area contributed by atoms with Crippen molar-refractivity contribution in [1.29, 1.82) is 0 Å². The van der Waals surface area contributed by atoms with Gasteiger partial charge in [0.15, 0.2) is 0 Å². The number of nitrogens with one attached hydrogen (secondary N) is 1. The Hall–Kier alpha value is -1.65. The minimum atomic E-state index is -0.973. The second-order valence-corrected chi connectivity index (χ2v) is 8.65. The third kappa shape index (κ3) is 19.5. The van der Waals surface area contributed by atoms with Gasteiger partial charge in [-0.2, -0.15) is 0 Å². The van der Waals surface area contributed by atoms with Crippen LogP contribution in [0.1, 0.15) is 20.8 Å². The highest BCUT2D eigenvalue weighted by Gasteiger charge is 2.20. The van der Waals surface area contributed by atoms with Gasteiger partial charge in [-0.05, 0) is 18.9 Å². The number of hydrogen-bond donors (Lipinski definition) is 5. The van der Waals surface area contributed by atoms with Crippen molar-refractivity contribution in [3.8, 4) is 0 Å². The summed E-state index contributed by atoms with van der Waals surface area (Å²) in [5.74, 6) is -1.94. The van der Waals surface area contributed by atoms with Crippen LogP contribution in [-0.4, -0.2) is 162 Å². The number of aldehydes is 1. The number of aliphatic carboxylic acids is 2. The van der Waals surface area contributed by atoms with Crippen molar-refractivity contribution in [1.82, 2.24) is 24.3 Å². The molecule has 0 aromatic heterocycles. The molecular formula is C22H45N5O8S. The fraction of sp³-hybridized carbons (Fsp3) is 0.818. The Bertz CT molecular complexity index is 617. The van der Waals surface area contributed by atoms with Crippen LogP contribution in [0.25, 0.3) is 0 Å². The van der Waals surface area contributed by atoms with Crippen LogP contribution in [0.4, 0.5) is 0 Å². The summed E-state index contributed by atoms with van der Waals surface area (Å²) in [5.41, 5.74) is 0. The number of carbonyl (C=O) groups excluding carboxylic acids is 2. The molecule has 36 heavy (non-hydrogen) atoms. The molecule has 1 saturated heterocycles. The lowest BCUT2D eigenvalue weighted by molar-refractivity contribution is -0.140. The van der Waals surface area contributed by atoms with Gasteiger partial charge >= 0.3 is 11.9 Å². The zero-order valence-electron chi connectivity index (χ0n) is 22.0. The van der Waals surface area contributed by atoms with Crippen molar-refractivity contribution < 1.29 is 39.6 Å². The first kappa shape index (κ1) is 36.5. The quantitative estimate of drug-likeness (QED) is 0.149. The molecule has 1 unspecified atom stereocenters. The van der Waals surface area contributed by atoms with Gasteiger partial charge < -0.3 is 25.2 Å². The predicted molar refractivity (Wildman–Crippen MR) is 139 cm³/mol. The molecule has 0 aromatic rings. The van der Waals surface area contributed by atoms with Crippen LogP contribution < -0.4 is 4.72 Å². The Labute approximate surface area is 218 Å². The molecule has 13 nitrogen and oxygen atoms in total. The molecule has 0 aromatic carbocycles. The van der Waals surface area contributed by atoms with Crippen molar-refractivity contribution in [2.45, 2.75) is 26.8 Å². The average Bonchev–Trinajstić information content (AvgIpc) is 2.85. The Morgan fingerprint density at radius 2 is 1.17 bits per heavy atom. The first-order valence-electron chi connectivity index (χ1n) is 12.0. The summed E-state index contributed by atoms with van der Waals surface area (Å²) in [6.07, 6.45) is 0.799. The SMILES string of the molecule is CC.CC(CO)NSC(=O)CN1CCN(CC=O)CCN(CC(=O)O)CCN(CC(=O)O)CC1.CO. The largest absolute Gasteiger partial charge is 0.480 e.